The fourth-order valence-electron chi connectivity index (χ4n) is 1.52. The summed E-state index contributed by atoms with van der Waals surface area (Å²) >= 11 is 0. The maximum absolute atomic E-state index is 11.9. The summed E-state index contributed by atoms with van der Waals surface area (Å²) in [5.41, 5.74) is 0.225. The Morgan fingerprint density at radius 1 is 1.21 bits per heavy atom. The van der Waals surface area contributed by atoms with E-state index in [0.717, 1.165) is 13.0 Å². The van der Waals surface area contributed by atoms with Crippen molar-refractivity contribution in [2.45, 2.75) is 52.5 Å². The Morgan fingerprint density at radius 3 is 2.37 bits per heavy atom. The van der Waals surface area contributed by atoms with Gasteiger partial charge in [-0.05, 0) is 27.2 Å². The summed E-state index contributed by atoms with van der Waals surface area (Å²) in [5, 5.41) is 6.02. The molecule has 0 spiro atoms. The molecule has 0 saturated heterocycles. The predicted octanol–water partition coefficient (Wildman–Crippen LogP) is 2.61. The van der Waals surface area contributed by atoms with Crippen molar-refractivity contribution in [1.82, 2.24) is 15.3 Å². The number of unbranched alkanes of at least 4 members (excludes halogenated alkanes) is 2. The van der Waals surface area contributed by atoms with Gasteiger partial charge in [-0.15, -0.1) is 0 Å². The zero-order valence-electron chi connectivity index (χ0n) is 12.3. The number of aromatic nitrogens is 2. The molecule has 1 aromatic heterocycles. The SMILES string of the molecule is CCCCCNc1ncc(C(=O)NC(C)(C)C)cn1. The molecule has 0 aliphatic heterocycles. The molecule has 0 bridgehead atoms. The number of anilines is 1. The zero-order valence-corrected chi connectivity index (χ0v) is 12.3. The van der Waals surface area contributed by atoms with E-state index in [2.05, 4.69) is 27.5 Å². The number of carbonyl (C=O) groups is 1. The highest BCUT2D eigenvalue weighted by molar-refractivity contribution is 5.94. The van der Waals surface area contributed by atoms with Gasteiger partial charge in [-0.25, -0.2) is 9.97 Å². The molecule has 0 aliphatic carbocycles. The van der Waals surface area contributed by atoms with Gasteiger partial charge in [0.2, 0.25) is 5.95 Å². The molecule has 2 N–H and O–H groups in total. The summed E-state index contributed by atoms with van der Waals surface area (Å²) in [6, 6.07) is 0. The second-order valence-electron chi connectivity index (χ2n) is 5.63. The van der Waals surface area contributed by atoms with E-state index in [9.17, 15) is 4.79 Å². The fraction of sp³-hybridized carbons (Fsp3) is 0.643. The van der Waals surface area contributed by atoms with Gasteiger partial charge in [0.15, 0.2) is 0 Å². The van der Waals surface area contributed by atoms with Gasteiger partial charge in [0.1, 0.15) is 0 Å². The van der Waals surface area contributed by atoms with Crippen LogP contribution in [0.4, 0.5) is 5.95 Å². The fourth-order valence-corrected chi connectivity index (χ4v) is 1.52. The van der Waals surface area contributed by atoms with E-state index in [-0.39, 0.29) is 11.4 Å². The van der Waals surface area contributed by atoms with Crippen molar-refractivity contribution in [3.8, 4) is 0 Å². The Balaban J connectivity index is 2.49. The van der Waals surface area contributed by atoms with Crippen LogP contribution in [0.5, 0.6) is 0 Å². The second kappa shape index (κ2) is 7.07. The molecule has 0 aliphatic rings. The van der Waals surface area contributed by atoms with Crippen LogP contribution in [-0.2, 0) is 0 Å². The molecule has 0 atom stereocenters. The number of rotatable bonds is 6. The van der Waals surface area contributed by atoms with Crippen LogP contribution >= 0.6 is 0 Å². The first kappa shape index (κ1) is 15.4. The Kier molecular flexibility index (Phi) is 5.73. The first-order valence-electron chi connectivity index (χ1n) is 6.81. The normalized spacial score (nSPS) is 11.2. The summed E-state index contributed by atoms with van der Waals surface area (Å²) < 4.78 is 0. The molecule has 5 nitrogen and oxygen atoms in total. The summed E-state index contributed by atoms with van der Waals surface area (Å²) in [6.45, 7) is 8.85. The topological polar surface area (TPSA) is 66.9 Å². The number of nitrogens with one attached hydrogen (secondary N) is 2. The molecule has 1 heterocycles. The molecule has 1 rings (SSSR count). The van der Waals surface area contributed by atoms with E-state index in [0.29, 0.717) is 11.5 Å². The molecule has 19 heavy (non-hydrogen) atoms. The smallest absolute Gasteiger partial charge is 0.254 e. The highest BCUT2D eigenvalue weighted by atomic mass is 16.1. The van der Waals surface area contributed by atoms with Crippen molar-refractivity contribution in [3.05, 3.63) is 18.0 Å². The van der Waals surface area contributed by atoms with Crippen molar-refractivity contribution < 1.29 is 4.79 Å². The average Bonchev–Trinajstić information content (AvgIpc) is 2.33. The van der Waals surface area contributed by atoms with E-state index in [1.807, 2.05) is 20.8 Å². The van der Waals surface area contributed by atoms with Gasteiger partial charge in [-0.3, -0.25) is 4.79 Å². The van der Waals surface area contributed by atoms with Gasteiger partial charge in [-0.2, -0.15) is 0 Å². The van der Waals surface area contributed by atoms with Crippen LogP contribution in [0.15, 0.2) is 12.4 Å². The van der Waals surface area contributed by atoms with Crippen molar-refractivity contribution in [2.24, 2.45) is 0 Å². The van der Waals surface area contributed by atoms with E-state index in [1.54, 1.807) is 12.4 Å². The molecule has 106 valence electrons. The summed E-state index contributed by atoms with van der Waals surface area (Å²) in [7, 11) is 0. The predicted molar refractivity (Wildman–Crippen MR) is 77.3 cm³/mol. The van der Waals surface area contributed by atoms with Gasteiger partial charge in [-0.1, -0.05) is 19.8 Å². The molecule has 0 radical (unpaired) electrons. The lowest BCUT2D eigenvalue weighted by molar-refractivity contribution is 0.0919. The minimum Gasteiger partial charge on any atom is -0.354 e. The van der Waals surface area contributed by atoms with Crippen LogP contribution in [0.2, 0.25) is 0 Å². The lowest BCUT2D eigenvalue weighted by atomic mass is 10.1. The Bertz CT molecular complexity index is 395. The van der Waals surface area contributed by atoms with Crippen LogP contribution in [0.3, 0.4) is 0 Å². The first-order chi connectivity index (χ1) is 8.92. The first-order valence-corrected chi connectivity index (χ1v) is 6.81. The van der Waals surface area contributed by atoms with Crippen molar-refractivity contribution in [1.29, 1.82) is 0 Å². The molecule has 1 amide bonds. The van der Waals surface area contributed by atoms with Crippen LogP contribution in [-0.4, -0.2) is 28.0 Å². The average molecular weight is 264 g/mol. The molecule has 1 aromatic rings. The number of carbonyl (C=O) groups excluding carboxylic acids is 1. The third kappa shape index (κ3) is 6.18. The summed E-state index contributed by atoms with van der Waals surface area (Å²) in [6.07, 6.45) is 6.59. The molecule has 0 unspecified atom stereocenters. The minimum atomic E-state index is -0.256. The maximum atomic E-state index is 11.9. The number of hydrogen-bond donors (Lipinski definition) is 2. The summed E-state index contributed by atoms with van der Waals surface area (Å²) in [5.74, 6) is 0.424. The van der Waals surface area contributed by atoms with Crippen LogP contribution in [0, 0.1) is 0 Å². The quantitative estimate of drug-likeness (QED) is 0.775. The van der Waals surface area contributed by atoms with Crippen molar-refractivity contribution in [3.63, 3.8) is 0 Å². The number of amides is 1. The highest BCUT2D eigenvalue weighted by Gasteiger charge is 2.15. The molecule has 0 aromatic carbocycles. The van der Waals surface area contributed by atoms with Crippen molar-refractivity contribution in [2.75, 3.05) is 11.9 Å². The van der Waals surface area contributed by atoms with Crippen LogP contribution in [0.1, 0.15) is 57.3 Å². The van der Waals surface area contributed by atoms with Crippen molar-refractivity contribution >= 4 is 11.9 Å². The van der Waals surface area contributed by atoms with Crippen LogP contribution < -0.4 is 10.6 Å². The lowest BCUT2D eigenvalue weighted by Gasteiger charge is -2.20. The summed E-state index contributed by atoms with van der Waals surface area (Å²) in [4.78, 5) is 20.1. The zero-order chi connectivity index (χ0) is 14.3. The monoisotopic (exact) mass is 264 g/mol. The standard InChI is InChI=1S/C14H24N4O/c1-5-6-7-8-15-13-16-9-11(10-17-13)12(19)18-14(2,3)4/h9-10H,5-8H2,1-4H3,(H,18,19)(H,15,16,17). The van der Waals surface area contributed by atoms with E-state index >= 15 is 0 Å². The molecule has 5 heteroatoms. The van der Waals surface area contributed by atoms with Gasteiger partial charge >= 0.3 is 0 Å². The third-order valence-electron chi connectivity index (χ3n) is 2.47. The third-order valence-corrected chi connectivity index (χ3v) is 2.47. The highest BCUT2D eigenvalue weighted by Crippen LogP contribution is 2.05. The van der Waals surface area contributed by atoms with Gasteiger partial charge in [0, 0.05) is 24.5 Å². The van der Waals surface area contributed by atoms with E-state index < -0.39 is 0 Å². The van der Waals surface area contributed by atoms with Gasteiger partial charge in [0.05, 0.1) is 5.56 Å². The molecular weight excluding hydrogens is 240 g/mol. The molecule has 0 fully saturated rings. The van der Waals surface area contributed by atoms with Gasteiger partial charge < -0.3 is 10.6 Å². The largest absolute Gasteiger partial charge is 0.354 e. The lowest BCUT2D eigenvalue weighted by Crippen LogP contribution is -2.40. The Labute approximate surface area is 115 Å². The Hall–Kier alpha value is -1.65. The van der Waals surface area contributed by atoms with Gasteiger partial charge in [0.25, 0.3) is 5.91 Å². The maximum Gasteiger partial charge on any atom is 0.254 e. The number of hydrogen-bond acceptors (Lipinski definition) is 4. The Morgan fingerprint density at radius 2 is 1.84 bits per heavy atom. The van der Waals surface area contributed by atoms with E-state index in [1.165, 1.54) is 12.8 Å². The second-order valence-corrected chi connectivity index (χ2v) is 5.63. The van der Waals surface area contributed by atoms with Crippen LogP contribution in [0.25, 0.3) is 0 Å². The minimum absolute atomic E-state index is 0.148. The molecular formula is C14H24N4O. The van der Waals surface area contributed by atoms with E-state index in [4.69, 9.17) is 0 Å². The number of nitrogens with zero attached hydrogens (tertiary/aromatic N) is 2. The molecule has 0 saturated carbocycles.